The first-order chi connectivity index (χ1) is 6.59. The van der Waals surface area contributed by atoms with Crippen molar-refractivity contribution in [2.45, 2.75) is 32.7 Å². The molecule has 0 aliphatic heterocycles. The number of phenols is 1. The van der Waals surface area contributed by atoms with E-state index in [1.54, 1.807) is 12.1 Å². The van der Waals surface area contributed by atoms with Crippen molar-refractivity contribution in [3.63, 3.8) is 0 Å². The summed E-state index contributed by atoms with van der Waals surface area (Å²) in [6, 6.07) is 7.25. The Morgan fingerprint density at radius 2 is 1.93 bits per heavy atom. The Morgan fingerprint density at radius 1 is 1.27 bits per heavy atom. The quantitative estimate of drug-likeness (QED) is 0.833. The van der Waals surface area contributed by atoms with Gasteiger partial charge >= 0.3 is 0 Å². The molecule has 0 spiro atoms. The van der Waals surface area contributed by atoms with Crippen molar-refractivity contribution in [2.75, 3.05) is 0 Å². The maximum atomic E-state index is 9.28. The normalized spacial score (nSPS) is 12.3. The summed E-state index contributed by atoms with van der Waals surface area (Å²) < 4.78 is 0. The van der Waals surface area contributed by atoms with Gasteiger partial charge in [-0.25, -0.2) is 0 Å². The maximum absolute atomic E-state index is 9.28. The minimum Gasteiger partial charge on any atom is -0.508 e. The summed E-state index contributed by atoms with van der Waals surface area (Å²) in [5.74, 6) is 0.973. The van der Waals surface area contributed by atoms with E-state index in [1.807, 2.05) is 12.1 Å². The Bertz CT molecular complexity index is 289. The van der Waals surface area contributed by atoms with Gasteiger partial charge in [0.2, 0.25) is 0 Å². The van der Waals surface area contributed by atoms with Crippen LogP contribution in [0.15, 0.2) is 24.3 Å². The van der Waals surface area contributed by atoms with Crippen molar-refractivity contribution in [3.8, 4) is 5.75 Å². The highest BCUT2D eigenvalue weighted by molar-refractivity contribution is 5.85. The number of aromatic hydroxyl groups is 1. The minimum atomic E-state index is 0. The average Bonchev–Trinajstić information content (AvgIpc) is 2.14. The zero-order valence-corrected chi connectivity index (χ0v) is 10.1. The molecule has 0 saturated heterocycles. The third kappa shape index (κ3) is 5.05. The number of hydrogen-bond donors (Lipinski definition) is 2. The topological polar surface area (TPSA) is 46.2 Å². The van der Waals surface area contributed by atoms with E-state index < -0.39 is 0 Å². The van der Waals surface area contributed by atoms with Gasteiger partial charge in [-0.3, -0.25) is 0 Å². The van der Waals surface area contributed by atoms with E-state index in [1.165, 1.54) is 0 Å². The van der Waals surface area contributed by atoms with Crippen molar-refractivity contribution in [3.05, 3.63) is 29.8 Å². The Hall–Kier alpha value is -0.730. The van der Waals surface area contributed by atoms with E-state index in [2.05, 4.69) is 13.8 Å². The number of nitrogens with two attached hydrogens (primary N) is 1. The highest BCUT2D eigenvalue weighted by Gasteiger charge is 2.07. The first-order valence-corrected chi connectivity index (χ1v) is 5.14. The van der Waals surface area contributed by atoms with Crippen molar-refractivity contribution in [1.82, 2.24) is 0 Å². The first-order valence-electron chi connectivity index (χ1n) is 5.14. The van der Waals surface area contributed by atoms with Crippen LogP contribution < -0.4 is 5.73 Å². The molecule has 15 heavy (non-hydrogen) atoms. The lowest BCUT2D eigenvalue weighted by Crippen LogP contribution is -2.10. The van der Waals surface area contributed by atoms with Crippen molar-refractivity contribution in [1.29, 1.82) is 0 Å². The third-order valence-corrected chi connectivity index (χ3v) is 2.35. The Labute approximate surface area is 97.9 Å². The molecule has 3 heteroatoms. The molecule has 0 bridgehead atoms. The van der Waals surface area contributed by atoms with Gasteiger partial charge in [0.15, 0.2) is 0 Å². The molecule has 0 radical (unpaired) electrons. The predicted molar refractivity (Wildman–Crippen MR) is 66.4 cm³/mol. The molecule has 0 fully saturated rings. The molecule has 2 nitrogen and oxygen atoms in total. The number of phenolic OH excluding ortho intramolecular Hbond substituents is 1. The largest absolute Gasteiger partial charge is 0.508 e. The van der Waals surface area contributed by atoms with Crippen molar-refractivity contribution < 1.29 is 5.11 Å². The summed E-state index contributed by atoms with van der Waals surface area (Å²) in [5, 5.41) is 9.28. The third-order valence-electron chi connectivity index (χ3n) is 2.35. The van der Waals surface area contributed by atoms with E-state index in [9.17, 15) is 5.11 Å². The van der Waals surface area contributed by atoms with Crippen molar-refractivity contribution in [2.24, 2.45) is 11.7 Å². The highest BCUT2D eigenvalue weighted by Crippen LogP contribution is 2.21. The van der Waals surface area contributed by atoms with Crippen molar-refractivity contribution >= 4 is 12.4 Å². The summed E-state index contributed by atoms with van der Waals surface area (Å²) in [7, 11) is 0. The predicted octanol–water partition coefficient (Wildman–Crippen LogP) is 3.25. The van der Waals surface area contributed by atoms with Gasteiger partial charge in [-0.05, 0) is 36.5 Å². The molecule has 0 aliphatic rings. The van der Waals surface area contributed by atoms with E-state index in [0.717, 1.165) is 18.4 Å². The molecule has 1 aromatic carbocycles. The fraction of sp³-hybridized carbons (Fsp3) is 0.500. The Balaban J connectivity index is 0.00000196. The second-order valence-corrected chi connectivity index (χ2v) is 4.17. The molecule has 1 atom stereocenters. The van der Waals surface area contributed by atoms with E-state index in [0.29, 0.717) is 11.7 Å². The standard InChI is InChI=1S/C12H19NO.ClH/c1-9(2)6-7-12(13)10-4-3-5-11(14)8-10;/h3-5,8-9,12,14H,6-7,13H2,1-2H3;1H/t12-;/m0./s1. The van der Waals surface area contributed by atoms with Gasteiger partial charge < -0.3 is 10.8 Å². The molecule has 1 aromatic rings. The number of rotatable bonds is 4. The molecular weight excluding hydrogens is 210 g/mol. The molecule has 3 N–H and O–H groups in total. The summed E-state index contributed by atoms with van der Waals surface area (Å²) in [6.45, 7) is 4.38. The van der Waals surface area contributed by atoms with Crippen LogP contribution in [0.5, 0.6) is 5.75 Å². The number of halogens is 1. The molecule has 0 unspecified atom stereocenters. The van der Waals surface area contributed by atoms with Gasteiger partial charge in [-0.15, -0.1) is 12.4 Å². The van der Waals surface area contributed by atoms with E-state index in [-0.39, 0.29) is 18.4 Å². The van der Waals surface area contributed by atoms with Gasteiger partial charge in [0.25, 0.3) is 0 Å². The summed E-state index contributed by atoms with van der Waals surface area (Å²) in [4.78, 5) is 0. The van der Waals surface area contributed by atoms with Crippen LogP contribution in [-0.2, 0) is 0 Å². The molecule has 0 aliphatic carbocycles. The monoisotopic (exact) mass is 229 g/mol. The second-order valence-electron chi connectivity index (χ2n) is 4.17. The van der Waals surface area contributed by atoms with Crippen LogP contribution in [0, 0.1) is 5.92 Å². The van der Waals surface area contributed by atoms with Gasteiger partial charge in [-0.2, -0.15) is 0 Å². The maximum Gasteiger partial charge on any atom is 0.115 e. The summed E-state index contributed by atoms with van der Waals surface area (Å²) in [6.07, 6.45) is 2.10. The van der Waals surface area contributed by atoms with E-state index in [4.69, 9.17) is 5.73 Å². The van der Waals surface area contributed by atoms with E-state index >= 15 is 0 Å². The fourth-order valence-corrected chi connectivity index (χ4v) is 1.43. The van der Waals surface area contributed by atoms with Gasteiger partial charge in [0.1, 0.15) is 5.75 Å². The van der Waals surface area contributed by atoms with Crippen LogP contribution in [0.4, 0.5) is 0 Å². The lowest BCUT2D eigenvalue weighted by molar-refractivity contribution is 0.470. The van der Waals surface area contributed by atoms with Crippen LogP contribution in [0.25, 0.3) is 0 Å². The lowest BCUT2D eigenvalue weighted by Gasteiger charge is -2.13. The number of hydrogen-bond acceptors (Lipinski definition) is 2. The molecule has 0 heterocycles. The zero-order chi connectivity index (χ0) is 10.6. The second kappa shape index (κ2) is 6.70. The van der Waals surface area contributed by atoms with Crippen LogP contribution in [0.1, 0.15) is 38.3 Å². The highest BCUT2D eigenvalue weighted by atomic mass is 35.5. The minimum absolute atomic E-state index is 0. The SMILES string of the molecule is CC(C)CC[C@H](N)c1cccc(O)c1.Cl. The molecule has 0 aromatic heterocycles. The summed E-state index contributed by atoms with van der Waals surface area (Å²) in [5.41, 5.74) is 7.02. The first kappa shape index (κ1) is 14.3. The Morgan fingerprint density at radius 3 is 2.47 bits per heavy atom. The van der Waals surface area contributed by atoms with Crippen LogP contribution in [0.3, 0.4) is 0 Å². The molecule has 1 rings (SSSR count). The number of benzene rings is 1. The van der Waals surface area contributed by atoms with Crippen LogP contribution in [0.2, 0.25) is 0 Å². The zero-order valence-electron chi connectivity index (χ0n) is 9.31. The lowest BCUT2D eigenvalue weighted by atomic mass is 9.98. The van der Waals surface area contributed by atoms with Gasteiger partial charge in [-0.1, -0.05) is 26.0 Å². The molecule has 86 valence electrons. The molecule has 0 saturated carbocycles. The van der Waals surface area contributed by atoms with Gasteiger partial charge in [0, 0.05) is 6.04 Å². The van der Waals surface area contributed by atoms with Crippen LogP contribution in [-0.4, -0.2) is 5.11 Å². The smallest absolute Gasteiger partial charge is 0.115 e. The summed E-state index contributed by atoms with van der Waals surface area (Å²) >= 11 is 0. The fourth-order valence-electron chi connectivity index (χ4n) is 1.43. The molecular formula is C12H20ClNO. The Kier molecular flexibility index (Phi) is 6.37. The van der Waals surface area contributed by atoms with Crippen LogP contribution >= 0.6 is 12.4 Å². The molecule has 0 amide bonds. The average molecular weight is 230 g/mol. The van der Waals surface area contributed by atoms with Gasteiger partial charge in [0.05, 0.1) is 0 Å².